The first-order valence-electron chi connectivity index (χ1n) is 8.49. The number of carbonyl (C=O) groups is 2. The lowest BCUT2D eigenvalue weighted by Crippen LogP contribution is -2.40. The second-order valence-electron chi connectivity index (χ2n) is 7.52. The Kier molecular flexibility index (Phi) is 5.62. The summed E-state index contributed by atoms with van der Waals surface area (Å²) in [5.41, 5.74) is 2.55. The molecule has 0 heterocycles. The number of carbonyl (C=O) groups excluding carboxylic acids is 2. The first-order valence-corrected chi connectivity index (χ1v) is 8.49. The van der Waals surface area contributed by atoms with E-state index in [1.165, 1.54) is 5.56 Å². The van der Waals surface area contributed by atoms with Crippen molar-refractivity contribution in [3.63, 3.8) is 0 Å². The van der Waals surface area contributed by atoms with Crippen LogP contribution in [0.2, 0.25) is 0 Å². The van der Waals surface area contributed by atoms with Crippen molar-refractivity contribution in [1.29, 1.82) is 0 Å². The molecule has 0 aliphatic heterocycles. The van der Waals surface area contributed by atoms with Crippen LogP contribution in [0.3, 0.4) is 0 Å². The molecule has 0 saturated carbocycles. The Balaban J connectivity index is 2.11. The Morgan fingerprint density at radius 3 is 1.96 bits per heavy atom. The van der Waals surface area contributed by atoms with E-state index in [1.807, 2.05) is 45.0 Å². The average molecular weight is 338 g/mol. The fourth-order valence-electron chi connectivity index (χ4n) is 2.37. The highest BCUT2D eigenvalue weighted by molar-refractivity contribution is 6.06. The van der Waals surface area contributed by atoms with Gasteiger partial charge in [-0.1, -0.05) is 32.0 Å². The SMILES string of the molecule is CC(C)c1ccc(NC(=O)c2cccc(C(=O)NC(C)(C)C)c2)cc1. The Hall–Kier alpha value is -2.62. The largest absolute Gasteiger partial charge is 0.347 e. The molecule has 0 fully saturated rings. The zero-order valence-electron chi connectivity index (χ0n) is 15.5. The van der Waals surface area contributed by atoms with Gasteiger partial charge in [0.25, 0.3) is 11.8 Å². The fraction of sp³-hybridized carbons (Fsp3) is 0.333. The van der Waals surface area contributed by atoms with Gasteiger partial charge in [0.1, 0.15) is 0 Å². The van der Waals surface area contributed by atoms with Crippen LogP contribution in [-0.2, 0) is 0 Å². The van der Waals surface area contributed by atoms with Gasteiger partial charge in [-0.2, -0.15) is 0 Å². The Labute approximate surface area is 149 Å². The minimum atomic E-state index is -0.326. The van der Waals surface area contributed by atoms with Crippen LogP contribution in [0, 0.1) is 0 Å². The van der Waals surface area contributed by atoms with E-state index in [1.54, 1.807) is 24.3 Å². The van der Waals surface area contributed by atoms with Crippen molar-refractivity contribution in [2.45, 2.75) is 46.1 Å². The first-order chi connectivity index (χ1) is 11.7. The lowest BCUT2D eigenvalue weighted by Gasteiger charge is -2.20. The van der Waals surface area contributed by atoms with E-state index < -0.39 is 0 Å². The number of hydrogen-bond donors (Lipinski definition) is 2. The van der Waals surface area contributed by atoms with Crippen molar-refractivity contribution in [1.82, 2.24) is 5.32 Å². The van der Waals surface area contributed by atoms with Crippen LogP contribution in [0.1, 0.15) is 66.8 Å². The number of nitrogens with one attached hydrogen (secondary N) is 2. The third kappa shape index (κ3) is 5.45. The summed E-state index contributed by atoms with van der Waals surface area (Å²) < 4.78 is 0. The molecule has 4 heteroatoms. The van der Waals surface area contributed by atoms with Crippen LogP contribution >= 0.6 is 0 Å². The van der Waals surface area contributed by atoms with Gasteiger partial charge in [0.05, 0.1) is 0 Å². The highest BCUT2D eigenvalue weighted by atomic mass is 16.2. The van der Waals surface area contributed by atoms with Crippen LogP contribution in [0.4, 0.5) is 5.69 Å². The molecular formula is C21H26N2O2. The molecule has 0 unspecified atom stereocenters. The van der Waals surface area contributed by atoms with Crippen LogP contribution in [0.15, 0.2) is 48.5 Å². The molecule has 2 rings (SSSR count). The zero-order valence-corrected chi connectivity index (χ0v) is 15.5. The third-order valence-corrected chi connectivity index (χ3v) is 3.71. The minimum absolute atomic E-state index is 0.191. The van der Waals surface area contributed by atoms with Crippen LogP contribution in [0.5, 0.6) is 0 Å². The smallest absolute Gasteiger partial charge is 0.255 e. The Bertz CT molecular complexity index is 756. The topological polar surface area (TPSA) is 58.2 Å². The number of benzene rings is 2. The Morgan fingerprint density at radius 2 is 1.44 bits per heavy atom. The average Bonchev–Trinajstić information content (AvgIpc) is 2.54. The third-order valence-electron chi connectivity index (χ3n) is 3.71. The van der Waals surface area contributed by atoms with E-state index in [0.29, 0.717) is 17.0 Å². The molecule has 0 aromatic heterocycles. The lowest BCUT2D eigenvalue weighted by molar-refractivity contribution is 0.0919. The molecule has 25 heavy (non-hydrogen) atoms. The molecular weight excluding hydrogens is 312 g/mol. The maximum absolute atomic E-state index is 12.5. The van der Waals surface area contributed by atoms with Crippen molar-refractivity contribution in [3.05, 3.63) is 65.2 Å². The summed E-state index contributed by atoms with van der Waals surface area (Å²) in [6.07, 6.45) is 0. The van der Waals surface area contributed by atoms with E-state index in [-0.39, 0.29) is 17.4 Å². The maximum atomic E-state index is 12.5. The number of rotatable bonds is 4. The molecule has 0 aliphatic rings. The molecule has 2 amide bonds. The van der Waals surface area contributed by atoms with Gasteiger partial charge in [0, 0.05) is 22.4 Å². The summed E-state index contributed by atoms with van der Waals surface area (Å²) in [5, 5.41) is 5.77. The van der Waals surface area contributed by atoms with Gasteiger partial charge in [-0.15, -0.1) is 0 Å². The number of anilines is 1. The van der Waals surface area contributed by atoms with Crippen molar-refractivity contribution >= 4 is 17.5 Å². The Morgan fingerprint density at radius 1 is 0.880 bits per heavy atom. The number of amides is 2. The molecule has 2 aromatic rings. The molecule has 2 aromatic carbocycles. The van der Waals surface area contributed by atoms with Crippen LogP contribution in [-0.4, -0.2) is 17.4 Å². The second kappa shape index (κ2) is 7.51. The fourth-order valence-corrected chi connectivity index (χ4v) is 2.37. The van der Waals surface area contributed by atoms with E-state index in [4.69, 9.17) is 0 Å². The molecule has 0 saturated heterocycles. The summed E-state index contributed by atoms with van der Waals surface area (Å²) >= 11 is 0. The summed E-state index contributed by atoms with van der Waals surface area (Å²) in [5.74, 6) is 0.0221. The van der Waals surface area contributed by atoms with E-state index >= 15 is 0 Å². The summed E-state index contributed by atoms with van der Waals surface area (Å²) in [4.78, 5) is 24.7. The maximum Gasteiger partial charge on any atom is 0.255 e. The first kappa shape index (κ1) is 18.7. The minimum Gasteiger partial charge on any atom is -0.347 e. The van der Waals surface area contributed by atoms with Gasteiger partial charge < -0.3 is 10.6 Å². The predicted octanol–water partition coefficient (Wildman–Crippen LogP) is 4.59. The van der Waals surface area contributed by atoms with Crippen molar-refractivity contribution in [3.8, 4) is 0 Å². The zero-order chi connectivity index (χ0) is 18.6. The van der Waals surface area contributed by atoms with Crippen LogP contribution < -0.4 is 10.6 Å². The highest BCUT2D eigenvalue weighted by Gasteiger charge is 2.16. The molecule has 0 bridgehead atoms. The van der Waals surface area contributed by atoms with Gasteiger partial charge in [-0.25, -0.2) is 0 Å². The monoisotopic (exact) mass is 338 g/mol. The summed E-state index contributed by atoms with van der Waals surface area (Å²) in [6.45, 7) is 10.0. The standard InChI is InChI=1S/C21H26N2O2/c1-14(2)15-9-11-18(12-10-15)22-19(24)16-7-6-8-17(13-16)20(25)23-21(3,4)5/h6-14H,1-5H3,(H,22,24)(H,23,25). The van der Waals surface area contributed by atoms with Gasteiger partial charge in [-0.3, -0.25) is 9.59 Å². The number of hydrogen-bond acceptors (Lipinski definition) is 2. The molecule has 2 N–H and O–H groups in total. The lowest BCUT2D eigenvalue weighted by atomic mass is 10.0. The van der Waals surface area contributed by atoms with Gasteiger partial charge >= 0.3 is 0 Å². The van der Waals surface area contributed by atoms with Gasteiger partial charge in [-0.05, 0) is 62.6 Å². The molecule has 0 spiro atoms. The summed E-state index contributed by atoms with van der Waals surface area (Å²) in [7, 11) is 0. The summed E-state index contributed by atoms with van der Waals surface area (Å²) in [6, 6.07) is 14.5. The van der Waals surface area contributed by atoms with E-state index in [9.17, 15) is 9.59 Å². The second-order valence-corrected chi connectivity index (χ2v) is 7.52. The van der Waals surface area contributed by atoms with Crippen LogP contribution in [0.25, 0.3) is 0 Å². The van der Waals surface area contributed by atoms with Crippen molar-refractivity contribution in [2.24, 2.45) is 0 Å². The van der Waals surface area contributed by atoms with E-state index in [0.717, 1.165) is 5.69 Å². The van der Waals surface area contributed by atoms with E-state index in [2.05, 4.69) is 24.5 Å². The molecule has 0 radical (unpaired) electrons. The van der Waals surface area contributed by atoms with Gasteiger partial charge in [0.2, 0.25) is 0 Å². The molecule has 0 aliphatic carbocycles. The van der Waals surface area contributed by atoms with Gasteiger partial charge in [0.15, 0.2) is 0 Å². The molecule has 132 valence electrons. The quantitative estimate of drug-likeness (QED) is 0.856. The predicted molar refractivity (Wildman–Crippen MR) is 102 cm³/mol. The molecule has 0 atom stereocenters. The normalized spacial score (nSPS) is 11.3. The van der Waals surface area contributed by atoms with Crippen molar-refractivity contribution in [2.75, 3.05) is 5.32 Å². The van der Waals surface area contributed by atoms with Crippen molar-refractivity contribution < 1.29 is 9.59 Å². The highest BCUT2D eigenvalue weighted by Crippen LogP contribution is 2.18. The molecule has 4 nitrogen and oxygen atoms in total.